The Labute approximate surface area is 128 Å². The molecular formula is C16H18N2O2S. The van der Waals surface area contributed by atoms with Gasteiger partial charge in [-0.2, -0.15) is 11.3 Å². The highest BCUT2D eigenvalue weighted by Crippen LogP contribution is 2.26. The van der Waals surface area contributed by atoms with E-state index in [4.69, 9.17) is 4.74 Å². The number of hydrogen-bond donors (Lipinski definition) is 1. The number of para-hydroxylation sites is 2. The van der Waals surface area contributed by atoms with E-state index in [2.05, 4.69) is 10.2 Å². The third kappa shape index (κ3) is 3.62. The van der Waals surface area contributed by atoms with E-state index in [1.54, 1.807) is 11.3 Å². The number of nitrogens with zero attached hydrogens (tertiary/aromatic N) is 1. The van der Waals surface area contributed by atoms with Crippen molar-refractivity contribution in [3.05, 3.63) is 46.7 Å². The van der Waals surface area contributed by atoms with Crippen LogP contribution in [-0.2, 0) is 16.0 Å². The first-order valence-electron chi connectivity index (χ1n) is 7.05. The molecule has 0 spiro atoms. The summed E-state index contributed by atoms with van der Waals surface area (Å²) >= 11 is 1.61. The fourth-order valence-corrected chi connectivity index (χ4v) is 3.10. The summed E-state index contributed by atoms with van der Waals surface area (Å²) in [6.45, 7) is 3.18. The SMILES string of the molecule is O=C(Cc1ccsc1)Nc1ccccc1N1CCOCC1. The Morgan fingerprint density at radius 3 is 2.81 bits per heavy atom. The van der Waals surface area contributed by atoms with Crippen LogP contribution < -0.4 is 10.2 Å². The number of thiophene rings is 1. The van der Waals surface area contributed by atoms with E-state index in [0.717, 1.165) is 43.2 Å². The summed E-state index contributed by atoms with van der Waals surface area (Å²) in [7, 11) is 0. The Morgan fingerprint density at radius 1 is 1.24 bits per heavy atom. The molecule has 1 amide bonds. The zero-order valence-electron chi connectivity index (χ0n) is 11.7. The predicted octanol–water partition coefficient (Wildman–Crippen LogP) is 2.77. The van der Waals surface area contributed by atoms with Crippen LogP contribution in [0, 0.1) is 0 Å². The fourth-order valence-electron chi connectivity index (χ4n) is 2.43. The van der Waals surface area contributed by atoms with Crippen molar-refractivity contribution in [2.24, 2.45) is 0 Å². The fraction of sp³-hybridized carbons (Fsp3) is 0.312. The molecule has 2 aromatic rings. The summed E-state index contributed by atoms with van der Waals surface area (Å²) in [6.07, 6.45) is 0.418. The summed E-state index contributed by atoms with van der Waals surface area (Å²) in [5, 5.41) is 7.03. The highest BCUT2D eigenvalue weighted by Gasteiger charge is 2.15. The van der Waals surface area contributed by atoms with E-state index in [1.165, 1.54) is 0 Å². The van der Waals surface area contributed by atoms with Crippen molar-refractivity contribution in [3.8, 4) is 0 Å². The van der Waals surface area contributed by atoms with Gasteiger partial charge in [0.1, 0.15) is 0 Å². The van der Waals surface area contributed by atoms with Crippen molar-refractivity contribution in [3.63, 3.8) is 0 Å². The van der Waals surface area contributed by atoms with Crippen LogP contribution in [0.1, 0.15) is 5.56 Å². The molecule has 0 unspecified atom stereocenters. The Balaban J connectivity index is 1.71. The van der Waals surface area contributed by atoms with Gasteiger partial charge in [-0.3, -0.25) is 4.79 Å². The van der Waals surface area contributed by atoms with E-state index in [0.29, 0.717) is 6.42 Å². The maximum atomic E-state index is 12.2. The summed E-state index contributed by atoms with van der Waals surface area (Å²) in [5.74, 6) is 0.0223. The van der Waals surface area contributed by atoms with Gasteiger partial charge >= 0.3 is 0 Å². The molecule has 1 fully saturated rings. The Bertz CT molecular complexity index is 592. The van der Waals surface area contributed by atoms with Gasteiger partial charge in [0, 0.05) is 13.1 Å². The number of benzene rings is 1. The predicted molar refractivity (Wildman–Crippen MR) is 86.1 cm³/mol. The second-order valence-electron chi connectivity index (χ2n) is 4.97. The second-order valence-corrected chi connectivity index (χ2v) is 5.75. The Kier molecular flexibility index (Phi) is 4.52. The molecule has 1 aromatic heterocycles. The molecule has 0 saturated carbocycles. The quantitative estimate of drug-likeness (QED) is 0.944. The molecule has 1 aliphatic heterocycles. The molecule has 0 bridgehead atoms. The summed E-state index contributed by atoms with van der Waals surface area (Å²) in [6, 6.07) is 9.93. The summed E-state index contributed by atoms with van der Waals surface area (Å²) in [4.78, 5) is 14.4. The summed E-state index contributed by atoms with van der Waals surface area (Å²) < 4.78 is 5.38. The van der Waals surface area contributed by atoms with Gasteiger partial charge in [-0.1, -0.05) is 12.1 Å². The number of rotatable bonds is 4. The molecular weight excluding hydrogens is 284 g/mol. The zero-order valence-corrected chi connectivity index (χ0v) is 12.6. The average Bonchev–Trinajstić information content (AvgIpc) is 3.01. The van der Waals surface area contributed by atoms with Crippen LogP contribution in [0.25, 0.3) is 0 Å². The number of hydrogen-bond acceptors (Lipinski definition) is 4. The minimum Gasteiger partial charge on any atom is -0.378 e. The molecule has 0 atom stereocenters. The zero-order chi connectivity index (χ0) is 14.5. The largest absolute Gasteiger partial charge is 0.378 e. The van der Waals surface area contributed by atoms with Crippen LogP contribution in [-0.4, -0.2) is 32.2 Å². The van der Waals surface area contributed by atoms with E-state index in [9.17, 15) is 4.79 Å². The number of carbonyl (C=O) groups excluding carboxylic acids is 1. The molecule has 2 heterocycles. The lowest BCUT2D eigenvalue weighted by atomic mass is 10.2. The number of ether oxygens (including phenoxy) is 1. The Morgan fingerprint density at radius 2 is 2.05 bits per heavy atom. The van der Waals surface area contributed by atoms with E-state index < -0.39 is 0 Å². The number of anilines is 2. The van der Waals surface area contributed by atoms with Gasteiger partial charge in [0.25, 0.3) is 0 Å². The number of morpholine rings is 1. The highest BCUT2D eigenvalue weighted by atomic mass is 32.1. The van der Waals surface area contributed by atoms with Crippen molar-refractivity contribution in [2.45, 2.75) is 6.42 Å². The van der Waals surface area contributed by atoms with Gasteiger partial charge < -0.3 is 15.0 Å². The second kappa shape index (κ2) is 6.74. The molecule has 5 heteroatoms. The van der Waals surface area contributed by atoms with Crippen molar-refractivity contribution in [1.29, 1.82) is 0 Å². The topological polar surface area (TPSA) is 41.6 Å². The first kappa shape index (κ1) is 14.1. The highest BCUT2D eigenvalue weighted by molar-refractivity contribution is 7.08. The van der Waals surface area contributed by atoms with Crippen LogP contribution >= 0.6 is 11.3 Å². The minimum atomic E-state index is 0.0223. The first-order valence-corrected chi connectivity index (χ1v) is 8.00. The maximum Gasteiger partial charge on any atom is 0.228 e. The van der Waals surface area contributed by atoms with Gasteiger partial charge in [0.2, 0.25) is 5.91 Å². The smallest absolute Gasteiger partial charge is 0.228 e. The van der Waals surface area contributed by atoms with Gasteiger partial charge in [-0.25, -0.2) is 0 Å². The van der Waals surface area contributed by atoms with E-state index in [-0.39, 0.29) is 5.91 Å². The van der Waals surface area contributed by atoms with Gasteiger partial charge in [-0.05, 0) is 34.5 Å². The third-order valence-corrected chi connectivity index (χ3v) is 4.21. The normalized spacial score (nSPS) is 15.0. The van der Waals surface area contributed by atoms with Gasteiger partial charge in [-0.15, -0.1) is 0 Å². The molecule has 1 aromatic carbocycles. The van der Waals surface area contributed by atoms with Crippen molar-refractivity contribution < 1.29 is 9.53 Å². The lowest BCUT2D eigenvalue weighted by Gasteiger charge is -2.30. The molecule has 4 nitrogen and oxygen atoms in total. The van der Waals surface area contributed by atoms with E-state index in [1.807, 2.05) is 41.1 Å². The summed E-state index contributed by atoms with van der Waals surface area (Å²) in [5.41, 5.74) is 3.00. The molecule has 1 aliphatic rings. The third-order valence-electron chi connectivity index (χ3n) is 3.47. The standard InChI is InChI=1S/C16H18N2O2S/c19-16(11-13-5-10-21-12-13)17-14-3-1-2-4-15(14)18-6-8-20-9-7-18/h1-5,10,12H,6-9,11H2,(H,17,19). The number of carbonyl (C=O) groups is 1. The molecule has 0 radical (unpaired) electrons. The molecule has 0 aliphatic carbocycles. The van der Waals surface area contributed by atoms with Crippen LogP contribution in [0.3, 0.4) is 0 Å². The number of amides is 1. The lowest BCUT2D eigenvalue weighted by Crippen LogP contribution is -2.36. The average molecular weight is 302 g/mol. The van der Waals surface area contributed by atoms with Crippen molar-refractivity contribution >= 4 is 28.6 Å². The van der Waals surface area contributed by atoms with Gasteiger partial charge in [0.05, 0.1) is 31.0 Å². The first-order chi connectivity index (χ1) is 10.3. The number of nitrogens with one attached hydrogen (secondary N) is 1. The van der Waals surface area contributed by atoms with Crippen LogP contribution in [0.2, 0.25) is 0 Å². The van der Waals surface area contributed by atoms with Crippen LogP contribution in [0.5, 0.6) is 0 Å². The van der Waals surface area contributed by atoms with Crippen molar-refractivity contribution in [2.75, 3.05) is 36.5 Å². The molecule has 1 saturated heterocycles. The van der Waals surface area contributed by atoms with Gasteiger partial charge in [0.15, 0.2) is 0 Å². The lowest BCUT2D eigenvalue weighted by molar-refractivity contribution is -0.115. The van der Waals surface area contributed by atoms with Crippen molar-refractivity contribution in [1.82, 2.24) is 0 Å². The minimum absolute atomic E-state index is 0.0223. The van der Waals surface area contributed by atoms with Crippen LogP contribution in [0.15, 0.2) is 41.1 Å². The Hall–Kier alpha value is -1.85. The van der Waals surface area contributed by atoms with Crippen LogP contribution in [0.4, 0.5) is 11.4 Å². The molecule has 1 N–H and O–H groups in total. The molecule has 21 heavy (non-hydrogen) atoms. The molecule has 110 valence electrons. The maximum absolute atomic E-state index is 12.2. The van der Waals surface area contributed by atoms with E-state index >= 15 is 0 Å². The molecule has 3 rings (SSSR count). The monoisotopic (exact) mass is 302 g/mol.